The van der Waals surface area contributed by atoms with Gasteiger partial charge in [0.15, 0.2) is 0 Å². The maximum Gasteiger partial charge on any atom is 0.243 e. The van der Waals surface area contributed by atoms with Gasteiger partial charge < -0.3 is 5.32 Å². The lowest BCUT2D eigenvalue weighted by atomic mass is 10.1. The van der Waals surface area contributed by atoms with Gasteiger partial charge in [0.05, 0.1) is 4.90 Å². The third-order valence-electron chi connectivity index (χ3n) is 4.22. The van der Waals surface area contributed by atoms with Gasteiger partial charge in [-0.05, 0) is 56.3 Å². The molecule has 0 amide bonds. The third kappa shape index (κ3) is 3.65. The normalized spacial score (nSPS) is 19.1. The molecule has 2 fully saturated rings. The molecule has 0 atom stereocenters. The highest BCUT2D eigenvalue weighted by atomic mass is 32.2. The predicted octanol–water partition coefficient (Wildman–Crippen LogP) is 2.15. The van der Waals surface area contributed by atoms with Crippen molar-refractivity contribution in [1.82, 2.24) is 9.62 Å². The smallest absolute Gasteiger partial charge is 0.243 e. The van der Waals surface area contributed by atoms with Crippen LogP contribution in [0.4, 0.5) is 0 Å². The zero-order valence-electron chi connectivity index (χ0n) is 12.6. The van der Waals surface area contributed by atoms with Crippen molar-refractivity contribution < 1.29 is 8.42 Å². The second-order valence-corrected chi connectivity index (χ2v) is 7.95. The number of sulfonamides is 1. The van der Waals surface area contributed by atoms with Gasteiger partial charge in [0.1, 0.15) is 0 Å². The molecule has 0 aliphatic heterocycles. The van der Waals surface area contributed by atoms with E-state index in [4.69, 9.17) is 0 Å². The van der Waals surface area contributed by atoms with Gasteiger partial charge in [-0.1, -0.05) is 19.1 Å². The van der Waals surface area contributed by atoms with Crippen LogP contribution in [-0.2, 0) is 16.4 Å². The zero-order valence-corrected chi connectivity index (χ0v) is 13.4. The summed E-state index contributed by atoms with van der Waals surface area (Å²) in [5.74, 6) is 0. The highest BCUT2D eigenvalue weighted by Crippen LogP contribution is 2.31. The Kier molecular flexibility index (Phi) is 4.33. The summed E-state index contributed by atoms with van der Waals surface area (Å²) in [6, 6.07) is 8.35. The lowest BCUT2D eigenvalue weighted by Crippen LogP contribution is -2.32. The molecule has 5 heteroatoms. The topological polar surface area (TPSA) is 49.4 Å². The number of hydrogen-bond acceptors (Lipinski definition) is 3. The van der Waals surface area contributed by atoms with Crippen LogP contribution in [0.3, 0.4) is 0 Å². The number of rotatable bonds is 8. The van der Waals surface area contributed by atoms with Crippen LogP contribution < -0.4 is 5.32 Å². The Morgan fingerprint density at radius 1 is 1.14 bits per heavy atom. The maximum atomic E-state index is 12.6. The summed E-state index contributed by atoms with van der Waals surface area (Å²) in [6.07, 6.45) is 5.54. The molecule has 4 nitrogen and oxygen atoms in total. The van der Waals surface area contributed by atoms with Gasteiger partial charge in [-0.2, -0.15) is 4.31 Å². The van der Waals surface area contributed by atoms with Crippen molar-refractivity contribution in [1.29, 1.82) is 0 Å². The zero-order chi connectivity index (χ0) is 14.9. The fraction of sp³-hybridized carbons (Fsp3) is 0.625. The molecule has 0 heterocycles. The van der Waals surface area contributed by atoms with Gasteiger partial charge in [-0.25, -0.2) is 8.42 Å². The van der Waals surface area contributed by atoms with Gasteiger partial charge in [0.2, 0.25) is 10.0 Å². The van der Waals surface area contributed by atoms with Crippen molar-refractivity contribution in [2.75, 3.05) is 13.1 Å². The van der Waals surface area contributed by atoms with E-state index in [1.165, 1.54) is 18.4 Å². The monoisotopic (exact) mass is 308 g/mol. The molecular formula is C16H24N2O2S. The summed E-state index contributed by atoms with van der Waals surface area (Å²) in [7, 11) is -3.31. The Bertz CT molecular complexity index is 575. The first-order valence-corrected chi connectivity index (χ1v) is 9.39. The Morgan fingerprint density at radius 3 is 2.33 bits per heavy atom. The van der Waals surface area contributed by atoms with E-state index in [1.54, 1.807) is 16.4 Å². The molecule has 2 aliphatic carbocycles. The highest BCUT2D eigenvalue weighted by Gasteiger charge is 2.36. The molecule has 116 valence electrons. The average Bonchev–Trinajstić information content (AvgIpc) is 3.34. The molecule has 0 aromatic heterocycles. The molecular weight excluding hydrogens is 284 g/mol. The first-order valence-electron chi connectivity index (χ1n) is 7.95. The molecule has 2 saturated carbocycles. The second kappa shape index (κ2) is 6.07. The Morgan fingerprint density at radius 2 is 1.81 bits per heavy atom. The molecule has 1 aromatic rings. The molecule has 1 aromatic carbocycles. The number of hydrogen-bond donors (Lipinski definition) is 1. The summed E-state index contributed by atoms with van der Waals surface area (Å²) < 4.78 is 26.8. The van der Waals surface area contributed by atoms with Crippen molar-refractivity contribution in [3.63, 3.8) is 0 Å². The fourth-order valence-electron chi connectivity index (χ4n) is 2.66. The van der Waals surface area contributed by atoms with Crippen LogP contribution >= 0.6 is 0 Å². The second-order valence-electron chi connectivity index (χ2n) is 6.06. The standard InChI is InChI=1S/C16H24N2O2S/c1-2-18(15-7-8-15)21(19,20)16-9-3-13(4-10-16)11-12-17-14-5-6-14/h3-4,9-10,14-15,17H,2,5-8,11-12H2,1H3. The van der Waals surface area contributed by atoms with Gasteiger partial charge in [-0.15, -0.1) is 0 Å². The lowest BCUT2D eigenvalue weighted by Gasteiger charge is -2.20. The maximum absolute atomic E-state index is 12.6. The highest BCUT2D eigenvalue weighted by molar-refractivity contribution is 7.89. The Hall–Kier alpha value is -0.910. The Labute approximate surface area is 127 Å². The summed E-state index contributed by atoms with van der Waals surface area (Å²) in [6.45, 7) is 3.44. The third-order valence-corrected chi connectivity index (χ3v) is 6.26. The number of nitrogens with one attached hydrogen (secondary N) is 1. The van der Waals surface area contributed by atoms with E-state index in [0.717, 1.165) is 31.8 Å². The first-order chi connectivity index (χ1) is 10.1. The minimum atomic E-state index is -3.31. The molecule has 0 radical (unpaired) electrons. The summed E-state index contributed by atoms with van der Waals surface area (Å²) >= 11 is 0. The van der Waals surface area contributed by atoms with Crippen molar-refractivity contribution in [3.05, 3.63) is 29.8 Å². The van der Waals surface area contributed by atoms with Gasteiger partial charge in [-0.3, -0.25) is 0 Å². The van der Waals surface area contributed by atoms with E-state index >= 15 is 0 Å². The van der Waals surface area contributed by atoms with Crippen LogP contribution in [0, 0.1) is 0 Å². The molecule has 2 aliphatic rings. The molecule has 0 saturated heterocycles. The largest absolute Gasteiger partial charge is 0.314 e. The van der Waals surface area contributed by atoms with Crippen molar-refractivity contribution in [3.8, 4) is 0 Å². The van der Waals surface area contributed by atoms with Crippen molar-refractivity contribution in [2.24, 2.45) is 0 Å². The molecule has 21 heavy (non-hydrogen) atoms. The van der Waals surface area contributed by atoms with Gasteiger partial charge >= 0.3 is 0 Å². The van der Waals surface area contributed by atoms with Crippen LogP contribution in [0.15, 0.2) is 29.2 Å². The van der Waals surface area contributed by atoms with E-state index in [9.17, 15) is 8.42 Å². The van der Waals surface area contributed by atoms with Crippen LogP contribution in [0.2, 0.25) is 0 Å². The molecule has 0 unspecified atom stereocenters. The van der Waals surface area contributed by atoms with E-state index in [2.05, 4.69) is 5.32 Å². The van der Waals surface area contributed by atoms with E-state index in [0.29, 0.717) is 11.4 Å². The van der Waals surface area contributed by atoms with Crippen molar-refractivity contribution in [2.45, 2.75) is 56.0 Å². The van der Waals surface area contributed by atoms with E-state index in [1.807, 2.05) is 19.1 Å². The Balaban J connectivity index is 1.64. The molecule has 0 spiro atoms. The molecule has 3 rings (SSSR count). The van der Waals surface area contributed by atoms with Gasteiger partial charge in [0, 0.05) is 18.6 Å². The van der Waals surface area contributed by atoms with E-state index in [-0.39, 0.29) is 6.04 Å². The minimum absolute atomic E-state index is 0.224. The quantitative estimate of drug-likeness (QED) is 0.800. The number of benzene rings is 1. The van der Waals surface area contributed by atoms with E-state index < -0.39 is 10.0 Å². The lowest BCUT2D eigenvalue weighted by molar-refractivity contribution is 0.421. The fourth-order valence-corrected chi connectivity index (χ4v) is 4.35. The SMILES string of the molecule is CCN(C1CC1)S(=O)(=O)c1ccc(CCNC2CC2)cc1. The van der Waals surface area contributed by atoms with Crippen molar-refractivity contribution >= 4 is 10.0 Å². The molecule has 1 N–H and O–H groups in total. The average molecular weight is 308 g/mol. The van der Waals surface area contributed by atoms with Crippen LogP contribution in [0.25, 0.3) is 0 Å². The number of nitrogens with zero attached hydrogens (tertiary/aromatic N) is 1. The van der Waals surface area contributed by atoms with Crippen LogP contribution in [0.5, 0.6) is 0 Å². The first kappa shape index (κ1) is 15.0. The van der Waals surface area contributed by atoms with Crippen LogP contribution in [-0.4, -0.2) is 37.9 Å². The molecule has 0 bridgehead atoms. The summed E-state index contributed by atoms with van der Waals surface area (Å²) in [4.78, 5) is 0.426. The predicted molar refractivity (Wildman–Crippen MR) is 83.8 cm³/mol. The minimum Gasteiger partial charge on any atom is -0.314 e. The summed E-state index contributed by atoms with van der Waals surface area (Å²) in [5.41, 5.74) is 1.19. The van der Waals surface area contributed by atoms with Crippen LogP contribution in [0.1, 0.15) is 38.2 Å². The summed E-state index contributed by atoms with van der Waals surface area (Å²) in [5, 5.41) is 3.47. The van der Waals surface area contributed by atoms with Gasteiger partial charge in [0.25, 0.3) is 0 Å².